The highest BCUT2D eigenvalue weighted by atomic mass is 19.2. The fraction of sp³-hybridized carbons (Fsp3) is 0.444. The zero-order chi connectivity index (χ0) is 18.6. The Bertz CT molecular complexity index is 754. The van der Waals surface area contributed by atoms with E-state index in [0.717, 1.165) is 12.1 Å². The van der Waals surface area contributed by atoms with Crippen LogP contribution in [0, 0.1) is 11.6 Å². The summed E-state index contributed by atoms with van der Waals surface area (Å²) < 4.78 is 28.3. The lowest BCUT2D eigenvalue weighted by molar-refractivity contribution is -0.157. The van der Waals surface area contributed by atoms with Gasteiger partial charge in [-0.15, -0.1) is 0 Å². The molecular weight excluding hydrogens is 342 g/mol. The van der Waals surface area contributed by atoms with Crippen molar-refractivity contribution in [3.63, 3.8) is 0 Å². The number of aliphatic hydroxyl groups is 1. The Labute approximate surface area is 150 Å². The summed E-state index contributed by atoms with van der Waals surface area (Å²) in [6.45, 7) is 2.05. The summed E-state index contributed by atoms with van der Waals surface area (Å²) in [5, 5.41) is 13.8. The number of aromatic nitrogens is 2. The minimum absolute atomic E-state index is 0.146. The molecule has 0 radical (unpaired) electrons. The molecule has 140 valence electrons. The van der Waals surface area contributed by atoms with Crippen LogP contribution in [0.2, 0.25) is 0 Å². The van der Waals surface area contributed by atoms with E-state index in [0.29, 0.717) is 38.0 Å². The van der Waals surface area contributed by atoms with Crippen molar-refractivity contribution in [3.8, 4) is 0 Å². The van der Waals surface area contributed by atoms with Crippen LogP contribution < -0.4 is 5.32 Å². The number of carbonyl (C=O) groups is 1. The van der Waals surface area contributed by atoms with Gasteiger partial charge < -0.3 is 19.9 Å². The maximum Gasteiger partial charge on any atom is 0.256 e. The Morgan fingerprint density at radius 2 is 2.15 bits per heavy atom. The summed E-state index contributed by atoms with van der Waals surface area (Å²) in [5.41, 5.74) is -0.985. The fourth-order valence-electron chi connectivity index (χ4n) is 3.16. The second kappa shape index (κ2) is 7.92. The van der Waals surface area contributed by atoms with Gasteiger partial charge in [0, 0.05) is 45.1 Å². The molecule has 0 aliphatic carbocycles. The van der Waals surface area contributed by atoms with Crippen LogP contribution in [0.5, 0.6) is 0 Å². The molecule has 6 nitrogen and oxygen atoms in total. The van der Waals surface area contributed by atoms with Crippen LogP contribution in [-0.4, -0.2) is 50.7 Å². The summed E-state index contributed by atoms with van der Waals surface area (Å²) in [4.78, 5) is 18.1. The Morgan fingerprint density at radius 3 is 2.88 bits per heavy atom. The van der Waals surface area contributed by atoms with Gasteiger partial charge in [-0.1, -0.05) is 6.07 Å². The number of hydrogen-bond acceptors (Lipinski definition) is 4. The molecule has 26 heavy (non-hydrogen) atoms. The molecule has 0 bridgehead atoms. The van der Waals surface area contributed by atoms with Crippen LogP contribution in [0.15, 0.2) is 36.9 Å². The zero-order valence-corrected chi connectivity index (χ0v) is 14.4. The van der Waals surface area contributed by atoms with Crippen molar-refractivity contribution < 1.29 is 18.7 Å². The van der Waals surface area contributed by atoms with Gasteiger partial charge in [0.05, 0.1) is 6.33 Å². The molecular formula is C18H22F2N4O2. The smallest absolute Gasteiger partial charge is 0.256 e. The van der Waals surface area contributed by atoms with Gasteiger partial charge in [0.25, 0.3) is 5.91 Å². The first kappa shape index (κ1) is 18.5. The van der Waals surface area contributed by atoms with Crippen LogP contribution in [0.1, 0.15) is 18.4 Å². The average Bonchev–Trinajstić information content (AvgIpc) is 3.13. The molecule has 0 spiro atoms. The zero-order valence-electron chi connectivity index (χ0n) is 14.4. The number of imidazole rings is 1. The lowest BCUT2D eigenvalue weighted by Gasteiger charge is -2.38. The number of nitrogens with zero attached hydrogens (tertiary/aromatic N) is 3. The summed E-state index contributed by atoms with van der Waals surface area (Å²) in [6.07, 6.45) is 6.25. The first-order valence-corrected chi connectivity index (χ1v) is 8.60. The van der Waals surface area contributed by atoms with E-state index in [4.69, 9.17) is 0 Å². The number of halogens is 2. The number of piperidine rings is 1. The first-order valence-electron chi connectivity index (χ1n) is 8.60. The van der Waals surface area contributed by atoms with Crippen molar-refractivity contribution in [1.29, 1.82) is 0 Å². The molecule has 3 rings (SSSR count). The average molecular weight is 364 g/mol. The molecule has 2 N–H and O–H groups in total. The minimum atomic E-state index is -1.48. The predicted octanol–water partition coefficient (Wildman–Crippen LogP) is 1.30. The third kappa shape index (κ3) is 4.25. The number of hydrogen-bond donors (Lipinski definition) is 2. The van der Waals surface area contributed by atoms with E-state index in [1.54, 1.807) is 12.5 Å². The molecule has 1 amide bonds. The van der Waals surface area contributed by atoms with Crippen molar-refractivity contribution in [3.05, 3.63) is 54.1 Å². The topological polar surface area (TPSA) is 70.4 Å². The van der Waals surface area contributed by atoms with E-state index in [9.17, 15) is 18.7 Å². The third-order valence-electron chi connectivity index (χ3n) is 4.58. The van der Waals surface area contributed by atoms with Crippen LogP contribution in [-0.2, 0) is 17.9 Å². The molecule has 2 heterocycles. The van der Waals surface area contributed by atoms with E-state index in [1.807, 2.05) is 10.8 Å². The second-order valence-corrected chi connectivity index (χ2v) is 6.59. The van der Waals surface area contributed by atoms with Gasteiger partial charge >= 0.3 is 0 Å². The summed E-state index contributed by atoms with van der Waals surface area (Å²) in [6, 6.07) is 3.57. The van der Waals surface area contributed by atoms with E-state index in [2.05, 4.69) is 10.3 Å². The molecule has 2 aromatic rings. The Kier molecular flexibility index (Phi) is 5.63. The number of benzene rings is 1. The van der Waals surface area contributed by atoms with Crippen molar-refractivity contribution >= 4 is 5.91 Å². The molecule has 1 saturated heterocycles. The van der Waals surface area contributed by atoms with Gasteiger partial charge in [0.1, 0.15) is 0 Å². The normalized spacial score (nSPS) is 20.6. The molecule has 1 fully saturated rings. The second-order valence-electron chi connectivity index (χ2n) is 6.59. The molecule has 1 aliphatic heterocycles. The van der Waals surface area contributed by atoms with Gasteiger partial charge in [0.15, 0.2) is 17.2 Å². The first-order chi connectivity index (χ1) is 12.5. The van der Waals surface area contributed by atoms with E-state index in [1.165, 1.54) is 11.0 Å². The van der Waals surface area contributed by atoms with Gasteiger partial charge in [-0.25, -0.2) is 13.8 Å². The van der Waals surface area contributed by atoms with Crippen molar-refractivity contribution in [2.45, 2.75) is 31.5 Å². The summed E-state index contributed by atoms with van der Waals surface area (Å²) in [5.74, 6) is -2.25. The number of likely N-dealkylation sites (tertiary alicyclic amines) is 1. The molecule has 1 aliphatic rings. The highest BCUT2D eigenvalue weighted by molar-refractivity contribution is 5.86. The monoisotopic (exact) mass is 364 g/mol. The number of nitrogens with one attached hydrogen (secondary N) is 1. The van der Waals surface area contributed by atoms with Crippen LogP contribution in [0.25, 0.3) is 0 Å². The molecule has 0 saturated carbocycles. The maximum absolute atomic E-state index is 13.4. The van der Waals surface area contributed by atoms with Gasteiger partial charge in [0.2, 0.25) is 0 Å². The minimum Gasteiger partial charge on any atom is -0.379 e. The van der Waals surface area contributed by atoms with Crippen molar-refractivity contribution in [2.75, 3.05) is 19.6 Å². The van der Waals surface area contributed by atoms with Crippen molar-refractivity contribution in [1.82, 2.24) is 19.8 Å². The maximum atomic E-state index is 13.4. The molecule has 1 aromatic heterocycles. The quantitative estimate of drug-likeness (QED) is 0.727. The number of rotatable bonds is 7. The standard InChI is InChI=1S/C18H22F2N4O2/c19-15-3-2-14(10-16(15)20)11-24-7-1-4-18(26,17(24)25)12-21-5-8-23-9-6-22-13-23/h2-3,6,9-10,13,21,26H,1,4-5,7-8,11-12H2/t18-/m1/s1. The summed E-state index contributed by atoms with van der Waals surface area (Å²) >= 11 is 0. The van der Waals surface area contributed by atoms with Crippen LogP contribution in [0.3, 0.4) is 0 Å². The lowest BCUT2D eigenvalue weighted by Crippen LogP contribution is -2.57. The molecule has 1 aromatic carbocycles. The van der Waals surface area contributed by atoms with Crippen LogP contribution >= 0.6 is 0 Å². The predicted molar refractivity (Wildman–Crippen MR) is 91.1 cm³/mol. The Morgan fingerprint density at radius 1 is 1.31 bits per heavy atom. The third-order valence-corrected chi connectivity index (χ3v) is 4.58. The number of carbonyl (C=O) groups excluding carboxylic acids is 1. The van der Waals surface area contributed by atoms with E-state index >= 15 is 0 Å². The largest absolute Gasteiger partial charge is 0.379 e. The van der Waals surface area contributed by atoms with Gasteiger partial charge in [-0.3, -0.25) is 4.79 Å². The molecule has 0 unspecified atom stereocenters. The van der Waals surface area contributed by atoms with Crippen molar-refractivity contribution in [2.24, 2.45) is 0 Å². The Hall–Kier alpha value is -2.32. The molecule has 1 atom stereocenters. The SMILES string of the molecule is O=C1N(Cc2ccc(F)c(F)c2)CCC[C@@]1(O)CNCCn1ccnc1. The van der Waals surface area contributed by atoms with Gasteiger partial charge in [-0.05, 0) is 30.5 Å². The lowest BCUT2D eigenvalue weighted by atomic mass is 9.91. The molecule has 8 heteroatoms. The number of amides is 1. The van der Waals surface area contributed by atoms with Gasteiger partial charge in [-0.2, -0.15) is 0 Å². The summed E-state index contributed by atoms with van der Waals surface area (Å²) in [7, 11) is 0. The fourth-order valence-corrected chi connectivity index (χ4v) is 3.16. The van der Waals surface area contributed by atoms with E-state index in [-0.39, 0.29) is 19.0 Å². The van der Waals surface area contributed by atoms with E-state index < -0.39 is 17.2 Å². The highest BCUT2D eigenvalue weighted by Gasteiger charge is 2.41. The van der Waals surface area contributed by atoms with Crippen LogP contribution in [0.4, 0.5) is 8.78 Å². The highest BCUT2D eigenvalue weighted by Crippen LogP contribution is 2.24. The Balaban J connectivity index is 1.56.